The van der Waals surface area contributed by atoms with Gasteiger partial charge in [0, 0.05) is 6.04 Å². The van der Waals surface area contributed by atoms with Crippen LogP contribution in [0.15, 0.2) is 36.4 Å². The van der Waals surface area contributed by atoms with Gasteiger partial charge in [-0.2, -0.15) is 0 Å². The van der Waals surface area contributed by atoms with E-state index >= 15 is 0 Å². The van der Waals surface area contributed by atoms with E-state index in [4.69, 9.17) is 14.2 Å². The Bertz CT molecular complexity index is 862. The van der Waals surface area contributed by atoms with E-state index < -0.39 is 0 Å². The number of carbonyl (C=O) groups excluding carboxylic acids is 1. The van der Waals surface area contributed by atoms with Crippen LogP contribution in [0.3, 0.4) is 0 Å². The fourth-order valence-electron chi connectivity index (χ4n) is 3.83. The summed E-state index contributed by atoms with van der Waals surface area (Å²) in [5.41, 5.74) is 3.24. The third kappa shape index (κ3) is 5.25. The molecular weight excluding hydrogens is 380 g/mol. The van der Waals surface area contributed by atoms with Gasteiger partial charge in [0.2, 0.25) is 5.91 Å². The minimum absolute atomic E-state index is 0.0316. The molecule has 0 aromatic heterocycles. The molecule has 2 aromatic carbocycles. The van der Waals surface area contributed by atoms with Crippen LogP contribution in [0.25, 0.3) is 0 Å². The fourth-order valence-corrected chi connectivity index (χ4v) is 3.83. The fraction of sp³-hybridized carbons (Fsp3) is 0.458. The average Bonchev–Trinajstić information content (AvgIpc) is 3.59. The van der Waals surface area contributed by atoms with Crippen LogP contribution in [-0.4, -0.2) is 33.8 Å². The zero-order valence-corrected chi connectivity index (χ0v) is 18.5. The summed E-state index contributed by atoms with van der Waals surface area (Å²) in [6.07, 6.45) is 2.37. The van der Waals surface area contributed by atoms with E-state index in [1.165, 1.54) is 18.4 Å². The highest BCUT2D eigenvalue weighted by Crippen LogP contribution is 2.41. The SMILES string of the molecule is COc1ccc(C(NCC(=O)NC(C)c2cc(OC)c(OC)cc2C)C2CC2)cc1. The normalized spacial score (nSPS) is 15.2. The molecule has 1 aliphatic carbocycles. The number of rotatable bonds is 10. The highest BCUT2D eigenvalue weighted by Gasteiger charge is 2.32. The van der Waals surface area contributed by atoms with Gasteiger partial charge in [0.15, 0.2) is 11.5 Å². The Morgan fingerprint density at radius 1 is 1.03 bits per heavy atom. The lowest BCUT2D eigenvalue weighted by atomic mass is 10.0. The molecule has 1 amide bonds. The van der Waals surface area contributed by atoms with Crippen molar-refractivity contribution in [2.45, 2.75) is 38.8 Å². The summed E-state index contributed by atoms with van der Waals surface area (Å²) in [6, 6.07) is 12.0. The van der Waals surface area contributed by atoms with Crippen LogP contribution < -0.4 is 24.8 Å². The van der Waals surface area contributed by atoms with Gasteiger partial charge in [-0.1, -0.05) is 12.1 Å². The quantitative estimate of drug-likeness (QED) is 0.619. The van der Waals surface area contributed by atoms with Gasteiger partial charge in [-0.3, -0.25) is 4.79 Å². The minimum atomic E-state index is -0.139. The number of methoxy groups -OCH3 is 3. The Kier molecular flexibility index (Phi) is 7.21. The van der Waals surface area contributed by atoms with Crippen molar-refractivity contribution in [3.8, 4) is 17.2 Å². The standard InChI is InChI=1S/C24H32N2O4/c1-15-12-21(29-4)22(30-5)13-20(15)16(2)26-23(27)14-25-24(17-6-7-17)18-8-10-19(28-3)11-9-18/h8-13,16-17,24-25H,6-7,14H2,1-5H3,(H,26,27). The minimum Gasteiger partial charge on any atom is -0.497 e. The molecular formula is C24H32N2O4. The molecule has 1 aliphatic rings. The van der Waals surface area contributed by atoms with Crippen molar-refractivity contribution in [1.82, 2.24) is 10.6 Å². The van der Waals surface area contributed by atoms with Gasteiger partial charge in [0.25, 0.3) is 0 Å². The molecule has 0 saturated heterocycles. The Morgan fingerprint density at radius 3 is 2.23 bits per heavy atom. The van der Waals surface area contributed by atoms with Crippen molar-refractivity contribution in [3.05, 3.63) is 53.1 Å². The third-order valence-corrected chi connectivity index (χ3v) is 5.67. The molecule has 1 fully saturated rings. The second-order valence-electron chi connectivity index (χ2n) is 7.82. The summed E-state index contributed by atoms with van der Waals surface area (Å²) in [6.45, 7) is 4.25. The Morgan fingerprint density at radius 2 is 1.67 bits per heavy atom. The average molecular weight is 413 g/mol. The molecule has 0 heterocycles. The summed E-state index contributed by atoms with van der Waals surface area (Å²) >= 11 is 0. The molecule has 6 nitrogen and oxygen atoms in total. The van der Waals surface area contributed by atoms with Crippen LogP contribution in [0.5, 0.6) is 17.2 Å². The third-order valence-electron chi connectivity index (χ3n) is 5.67. The van der Waals surface area contributed by atoms with Crippen LogP contribution in [0.4, 0.5) is 0 Å². The smallest absolute Gasteiger partial charge is 0.234 e. The van der Waals surface area contributed by atoms with Crippen LogP contribution in [-0.2, 0) is 4.79 Å². The zero-order chi connectivity index (χ0) is 21.7. The first-order valence-electron chi connectivity index (χ1n) is 10.4. The number of carbonyl (C=O) groups is 1. The maximum absolute atomic E-state index is 12.6. The monoisotopic (exact) mass is 412 g/mol. The van der Waals surface area contributed by atoms with Crippen LogP contribution in [0, 0.1) is 12.8 Å². The number of hydrogen-bond acceptors (Lipinski definition) is 5. The molecule has 3 rings (SSSR count). The summed E-state index contributed by atoms with van der Waals surface area (Å²) in [5.74, 6) is 2.73. The van der Waals surface area contributed by atoms with Gasteiger partial charge in [0.05, 0.1) is 33.9 Å². The van der Waals surface area contributed by atoms with Gasteiger partial charge in [-0.15, -0.1) is 0 Å². The number of hydrogen-bond donors (Lipinski definition) is 2. The predicted octanol–water partition coefficient (Wildman–Crippen LogP) is 3.94. The van der Waals surface area contributed by atoms with E-state index in [1.807, 2.05) is 38.1 Å². The summed E-state index contributed by atoms with van der Waals surface area (Å²) in [5, 5.41) is 6.54. The van der Waals surface area contributed by atoms with Crippen molar-refractivity contribution in [2.24, 2.45) is 5.92 Å². The van der Waals surface area contributed by atoms with Crippen LogP contribution >= 0.6 is 0 Å². The molecule has 6 heteroatoms. The molecule has 162 valence electrons. The number of benzene rings is 2. The van der Waals surface area contributed by atoms with Gasteiger partial charge in [0.1, 0.15) is 5.75 Å². The summed E-state index contributed by atoms with van der Waals surface area (Å²) in [7, 11) is 4.89. The summed E-state index contributed by atoms with van der Waals surface area (Å²) < 4.78 is 16.0. The van der Waals surface area contributed by atoms with E-state index in [0.717, 1.165) is 16.9 Å². The van der Waals surface area contributed by atoms with Gasteiger partial charge in [-0.25, -0.2) is 0 Å². The number of ether oxygens (including phenoxy) is 3. The Labute approximate surface area is 178 Å². The van der Waals surface area contributed by atoms with Crippen molar-refractivity contribution in [1.29, 1.82) is 0 Å². The van der Waals surface area contributed by atoms with E-state index in [2.05, 4.69) is 22.8 Å². The second-order valence-corrected chi connectivity index (χ2v) is 7.82. The maximum Gasteiger partial charge on any atom is 0.234 e. The first-order valence-corrected chi connectivity index (χ1v) is 10.4. The predicted molar refractivity (Wildman–Crippen MR) is 117 cm³/mol. The topological polar surface area (TPSA) is 68.8 Å². The highest BCUT2D eigenvalue weighted by atomic mass is 16.5. The first kappa shape index (κ1) is 22.0. The maximum atomic E-state index is 12.6. The molecule has 2 unspecified atom stereocenters. The van der Waals surface area contributed by atoms with Crippen molar-refractivity contribution in [3.63, 3.8) is 0 Å². The number of aryl methyl sites for hydroxylation is 1. The lowest BCUT2D eigenvalue weighted by Gasteiger charge is -2.22. The van der Waals surface area contributed by atoms with Crippen LogP contribution in [0.1, 0.15) is 48.5 Å². The largest absolute Gasteiger partial charge is 0.497 e. The van der Waals surface area contributed by atoms with E-state index in [1.54, 1.807) is 21.3 Å². The number of amides is 1. The number of nitrogens with one attached hydrogen (secondary N) is 2. The first-order chi connectivity index (χ1) is 14.5. The highest BCUT2D eigenvalue weighted by molar-refractivity contribution is 5.78. The second kappa shape index (κ2) is 9.85. The van der Waals surface area contributed by atoms with E-state index in [9.17, 15) is 4.79 Å². The molecule has 1 saturated carbocycles. The molecule has 0 bridgehead atoms. The van der Waals surface area contributed by atoms with Crippen molar-refractivity contribution >= 4 is 5.91 Å². The Hall–Kier alpha value is -2.73. The lowest BCUT2D eigenvalue weighted by molar-refractivity contribution is -0.121. The van der Waals surface area contributed by atoms with Crippen molar-refractivity contribution < 1.29 is 19.0 Å². The zero-order valence-electron chi connectivity index (χ0n) is 18.5. The molecule has 2 aromatic rings. The lowest BCUT2D eigenvalue weighted by Crippen LogP contribution is -2.37. The molecule has 30 heavy (non-hydrogen) atoms. The molecule has 0 aliphatic heterocycles. The Balaban J connectivity index is 1.61. The van der Waals surface area contributed by atoms with Crippen molar-refractivity contribution in [2.75, 3.05) is 27.9 Å². The molecule has 2 N–H and O–H groups in total. The van der Waals surface area contributed by atoms with Gasteiger partial charge in [-0.05, 0) is 73.6 Å². The molecule has 2 atom stereocenters. The van der Waals surface area contributed by atoms with E-state index in [0.29, 0.717) is 17.4 Å². The molecule has 0 radical (unpaired) electrons. The van der Waals surface area contributed by atoms with E-state index in [-0.39, 0.29) is 24.5 Å². The molecule has 0 spiro atoms. The van der Waals surface area contributed by atoms with Gasteiger partial charge < -0.3 is 24.8 Å². The van der Waals surface area contributed by atoms with Crippen LogP contribution in [0.2, 0.25) is 0 Å². The van der Waals surface area contributed by atoms with Gasteiger partial charge >= 0.3 is 0 Å². The summed E-state index contributed by atoms with van der Waals surface area (Å²) in [4.78, 5) is 12.6.